The number of carbonyl (C=O) groups excluding carboxylic acids is 1. The van der Waals surface area contributed by atoms with E-state index in [1.165, 1.54) is 23.1 Å². The SMILES string of the molecule is COc1cccc(-c2nnc(SCC(=O)N(C)Cc3ccc(Cl)s3)n2-c2ccccc2)c1. The maximum absolute atomic E-state index is 12.7. The molecule has 6 nitrogen and oxygen atoms in total. The van der Waals surface area contributed by atoms with E-state index < -0.39 is 0 Å². The number of hydrogen-bond donors (Lipinski definition) is 0. The second kappa shape index (κ2) is 10.2. The van der Waals surface area contributed by atoms with Crippen molar-refractivity contribution in [2.45, 2.75) is 11.7 Å². The summed E-state index contributed by atoms with van der Waals surface area (Å²) < 4.78 is 8.05. The highest BCUT2D eigenvalue weighted by Crippen LogP contribution is 2.30. The highest BCUT2D eigenvalue weighted by Gasteiger charge is 2.19. The molecule has 4 rings (SSSR count). The molecular formula is C23H21ClN4O2S2. The third-order valence-corrected chi connectivity index (χ3v) is 6.88. The van der Waals surface area contributed by atoms with E-state index in [1.807, 2.05) is 71.3 Å². The summed E-state index contributed by atoms with van der Waals surface area (Å²) in [5.41, 5.74) is 1.80. The fourth-order valence-corrected chi connectivity index (χ4v) is 5.15. The molecule has 0 unspecified atom stereocenters. The molecule has 2 aromatic heterocycles. The second-order valence-electron chi connectivity index (χ2n) is 6.95. The van der Waals surface area contributed by atoms with Crippen LogP contribution in [0.25, 0.3) is 17.1 Å². The van der Waals surface area contributed by atoms with Crippen LogP contribution < -0.4 is 4.74 Å². The van der Waals surface area contributed by atoms with Crippen LogP contribution >= 0.6 is 34.7 Å². The van der Waals surface area contributed by atoms with Gasteiger partial charge in [-0.15, -0.1) is 21.5 Å². The lowest BCUT2D eigenvalue weighted by Crippen LogP contribution is -2.27. The van der Waals surface area contributed by atoms with Gasteiger partial charge in [0.25, 0.3) is 0 Å². The van der Waals surface area contributed by atoms with Crippen molar-refractivity contribution in [2.24, 2.45) is 0 Å². The van der Waals surface area contributed by atoms with Crippen LogP contribution in [0.15, 0.2) is 71.9 Å². The maximum atomic E-state index is 12.7. The first-order valence-corrected chi connectivity index (χ1v) is 12.0. The Morgan fingerprint density at radius 1 is 1.12 bits per heavy atom. The molecule has 0 saturated heterocycles. The summed E-state index contributed by atoms with van der Waals surface area (Å²) in [7, 11) is 3.43. The topological polar surface area (TPSA) is 60.3 Å². The van der Waals surface area contributed by atoms with E-state index in [0.29, 0.717) is 17.5 Å². The van der Waals surface area contributed by atoms with Gasteiger partial charge >= 0.3 is 0 Å². The normalized spacial score (nSPS) is 10.8. The average Bonchev–Trinajstić information content (AvgIpc) is 3.43. The molecule has 164 valence electrons. The number of para-hydroxylation sites is 1. The number of benzene rings is 2. The fraction of sp³-hybridized carbons (Fsp3) is 0.174. The molecule has 9 heteroatoms. The standard InChI is InChI=1S/C23H21ClN4O2S2/c1-27(14-19-11-12-20(24)32-19)21(29)15-31-23-26-25-22(16-7-6-10-18(13-16)30-2)28(23)17-8-4-3-5-9-17/h3-13H,14-15H2,1-2H3. The predicted molar refractivity (Wildman–Crippen MR) is 130 cm³/mol. The van der Waals surface area contributed by atoms with E-state index in [4.69, 9.17) is 16.3 Å². The van der Waals surface area contributed by atoms with Gasteiger partial charge in [-0.1, -0.05) is 53.7 Å². The van der Waals surface area contributed by atoms with Crippen molar-refractivity contribution in [2.75, 3.05) is 19.9 Å². The molecule has 0 radical (unpaired) electrons. The smallest absolute Gasteiger partial charge is 0.233 e. The van der Waals surface area contributed by atoms with Crippen LogP contribution in [0.3, 0.4) is 0 Å². The average molecular weight is 485 g/mol. The van der Waals surface area contributed by atoms with Crippen molar-refractivity contribution >= 4 is 40.6 Å². The van der Waals surface area contributed by atoms with Crippen LogP contribution in [0.5, 0.6) is 5.75 Å². The largest absolute Gasteiger partial charge is 0.497 e. The van der Waals surface area contributed by atoms with E-state index in [0.717, 1.165) is 26.2 Å². The number of ether oxygens (including phenoxy) is 1. The Balaban J connectivity index is 1.57. The van der Waals surface area contributed by atoms with Gasteiger partial charge in [-0.05, 0) is 36.4 Å². The summed E-state index contributed by atoms with van der Waals surface area (Å²) in [5, 5.41) is 9.47. The quantitative estimate of drug-likeness (QED) is 0.313. The summed E-state index contributed by atoms with van der Waals surface area (Å²) in [5.74, 6) is 1.68. The first kappa shape index (κ1) is 22.4. The van der Waals surface area contributed by atoms with Gasteiger partial charge in [0, 0.05) is 23.2 Å². The molecule has 0 aliphatic rings. The van der Waals surface area contributed by atoms with E-state index in [2.05, 4.69) is 10.2 Å². The molecule has 2 heterocycles. The zero-order valence-electron chi connectivity index (χ0n) is 17.6. The van der Waals surface area contributed by atoms with Crippen LogP contribution in [-0.4, -0.2) is 45.5 Å². The minimum Gasteiger partial charge on any atom is -0.497 e. The highest BCUT2D eigenvalue weighted by molar-refractivity contribution is 7.99. The number of carbonyl (C=O) groups is 1. The summed E-state index contributed by atoms with van der Waals surface area (Å²) in [6.07, 6.45) is 0. The van der Waals surface area contributed by atoms with Crippen molar-refractivity contribution < 1.29 is 9.53 Å². The number of amides is 1. The number of nitrogens with zero attached hydrogens (tertiary/aromatic N) is 4. The number of methoxy groups -OCH3 is 1. The molecule has 1 amide bonds. The number of halogens is 1. The number of thiophene rings is 1. The Morgan fingerprint density at radius 3 is 2.66 bits per heavy atom. The van der Waals surface area contributed by atoms with Crippen molar-refractivity contribution in [1.82, 2.24) is 19.7 Å². The lowest BCUT2D eigenvalue weighted by molar-refractivity contribution is -0.127. The van der Waals surface area contributed by atoms with E-state index >= 15 is 0 Å². The fourth-order valence-electron chi connectivity index (χ4n) is 3.12. The minimum absolute atomic E-state index is 0.00469. The molecule has 0 saturated carbocycles. The predicted octanol–water partition coefficient (Wildman–Crippen LogP) is 5.41. The molecular weight excluding hydrogens is 464 g/mol. The van der Waals surface area contributed by atoms with E-state index in [1.54, 1.807) is 19.1 Å². The van der Waals surface area contributed by atoms with Crippen LogP contribution in [0.2, 0.25) is 4.34 Å². The van der Waals surface area contributed by atoms with Gasteiger partial charge in [0.05, 0.1) is 23.7 Å². The van der Waals surface area contributed by atoms with E-state index in [-0.39, 0.29) is 11.7 Å². The van der Waals surface area contributed by atoms with Gasteiger partial charge < -0.3 is 9.64 Å². The number of thioether (sulfide) groups is 1. The first-order valence-electron chi connectivity index (χ1n) is 9.81. The Labute approximate surface area is 199 Å². The molecule has 2 aromatic carbocycles. The molecule has 0 N–H and O–H groups in total. The van der Waals surface area contributed by atoms with Crippen molar-refractivity contribution in [3.8, 4) is 22.8 Å². The number of hydrogen-bond acceptors (Lipinski definition) is 6. The molecule has 0 spiro atoms. The Hall–Kier alpha value is -2.81. The van der Waals surface area contributed by atoms with Gasteiger partial charge in [-0.25, -0.2) is 0 Å². The Bertz CT molecular complexity index is 1210. The van der Waals surface area contributed by atoms with Gasteiger partial charge in [0.15, 0.2) is 11.0 Å². The van der Waals surface area contributed by atoms with Crippen molar-refractivity contribution in [3.05, 3.63) is 75.9 Å². The number of aromatic nitrogens is 3. The minimum atomic E-state index is 0.00469. The van der Waals surface area contributed by atoms with Crippen molar-refractivity contribution in [3.63, 3.8) is 0 Å². The third-order valence-electron chi connectivity index (χ3n) is 4.75. The van der Waals surface area contributed by atoms with Crippen LogP contribution in [-0.2, 0) is 11.3 Å². The lowest BCUT2D eigenvalue weighted by Gasteiger charge is -2.16. The highest BCUT2D eigenvalue weighted by atomic mass is 35.5. The molecule has 4 aromatic rings. The monoisotopic (exact) mass is 484 g/mol. The zero-order chi connectivity index (χ0) is 22.5. The number of rotatable bonds is 8. The molecule has 0 fully saturated rings. The molecule has 0 bridgehead atoms. The molecule has 0 aliphatic heterocycles. The Morgan fingerprint density at radius 2 is 1.94 bits per heavy atom. The van der Waals surface area contributed by atoms with Crippen LogP contribution in [0, 0.1) is 0 Å². The van der Waals surface area contributed by atoms with Crippen molar-refractivity contribution in [1.29, 1.82) is 0 Å². The maximum Gasteiger partial charge on any atom is 0.233 e. The van der Waals surface area contributed by atoms with Crippen LogP contribution in [0.4, 0.5) is 0 Å². The molecule has 0 atom stereocenters. The summed E-state index contributed by atoms with van der Waals surface area (Å²) in [6.45, 7) is 0.525. The van der Waals surface area contributed by atoms with Gasteiger partial charge in [0.2, 0.25) is 5.91 Å². The van der Waals surface area contributed by atoms with Gasteiger partial charge in [-0.2, -0.15) is 0 Å². The Kier molecular flexibility index (Phi) is 7.14. The van der Waals surface area contributed by atoms with Gasteiger partial charge in [-0.3, -0.25) is 9.36 Å². The summed E-state index contributed by atoms with van der Waals surface area (Å²) in [4.78, 5) is 15.5. The third kappa shape index (κ3) is 5.15. The summed E-state index contributed by atoms with van der Waals surface area (Å²) in [6, 6.07) is 21.3. The second-order valence-corrected chi connectivity index (χ2v) is 9.70. The van der Waals surface area contributed by atoms with Crippen LogP contribution in [0.1, 0.15) is 4.88 Å². The first-order chi connectivity index (χ1) is 15.5. The van der Waals surface area contributed by atoms with E-state index in [9.17, 15) is 4.79 Å². The zero-order valence-corrected chi connectivity index (χ0v) is 20.0. The van der Waals surface area contributed by atoms with Gasteiger partial charge in [0.1, 0.15) is 5.75 Å². The summed E-state index contributed by atoms with van der Waals surface area (Å²) >= 11 is 8.84. The lowest BCUT2D eigenvalue weighted by atomic mass is 10.2. The molecule has 0 aliphatic carbocycles. The molecule has 32 heavy (non-hydrogen) atoms.